The highest BCUT2D eigenvalue weighted by atomic mass is 32.2. The van der Waals surface area contributed by atoms with Crippen LogP contribution < -0.4 is 4.72 Å². The monoisotopic (exact) mass is 311 g/mol. The second kappa shape index (κ2) is 5.35. The predicted octanol–water partition coefficient (Wildman–Crippen LogP) is 0.454. The molecule has 1 saturated carbocycles. The van der Waals surface area contributed by atoms with E-state index < -0.39 is 25.1 Å². The topological polar surface area (TPSA) is 72.5 Å². The van der Waals surface area contributed by atoms with Crippen LogP contribution in [0.4, 0.5) is 0 Å². The van der Waals surface area contributed by atoms with Crippen molar-refractivity contribution in [2.45, 2.75) is 44.1 Å². The number of hydrogen-bond acceptors (Lipinski definition) is 4. The van der Waals surface area contributed by atoms with Gasteiger partial charge in [0.25, 0.3) is 0 Å². The quantitative estimate of drug-likeness (QED) is 0.693. The molecule has 0 spiro atoms. The van der Waals surface area contributed by atoms with Crippen molar-refractivity contribution in [1.82, 2.24) is 4.72 Å². The Bertz CT molecular complexity index is 524. The number of ether oxygens (including phenoxy) is 1. The summed E-state index contributed by atoms with van der Waals surface area (Å²) >= 11 is 0. The van der Waals surface area contributed by atoms with Crippen molar-refractivity contribution in [1.29, 1.82) is 0 Å². The third-order valence-electron chi connectivity index (χ3n) is 3.55. The molecule has 1 rings (SSSR count). The molecule has 0 aromatic carbocycles. The van der Waals surface area contributed by atoms with E-state index in [1.165, 1.54) is 0 Å². The molecule has 1 aliphatic carbocycles. The Labute approximate surface area is 117 Å². The van der Waals surface area contributed by atoms with Gasteiger partial charge in [-0.15, -0.1) is 0 Å². The van der Waals surface area contributed by atoms with Crippen molar-refractivity contribution >= 4 is 25.4 Å². The minimum absolute atomic E-state index is 0.0203. The first-order valence-corrected chi connectivity index (χ1v) is 10.4. The second-order valence-corrected chi connectivity index (χ2v) is 10.5. The summed E-state index contributed by atoms with van der Waals surface area (Å²) < 4.78 is 43.0. The molecule has 0 aliphatic heterocycles. The predicted molar refractivity (Wildman–Crippen MR) is 80.6 cm³/mol. The summed E-state index contributed by atoms with van der Waals surface area (Å²) in [6.45, 7) is 6.18. The van der Waals surface area contributed by atoms with E-state index in [1.807, 2.05) is 20.8 Å². The summed E-state index contributed by atoms with van der Waals surface area (Å²) in [4.78, 5) is 0. The molecule has 1 N–H and O–H groups in total. The minimum Gasteiger partial charge on any atom is -0.369 e. The van der Waals surface area contributed by atoms with Crippen LogP contribution >= 0.6 is 0 Å². The smallest absolute Gasteiger partial charge is 0.208 e. The minimum atomic E-state index is -3.29. The molecule has 0 heterocycles. The van der Waals surface area contributed by atoms with Gasteiger partial charge in [-0.3, -0.25) is 4.21 Å². The molecule has 0 bridgehead atoms. The Morgan fingerprint density at radius 1 is 1.32 bits per heavy atom. The lowest BCUT2D eigenvalue weighted by Gasteiger charge is -2.26. The summed E-state index contributed by atoms with van der Waals surface area (Å²) in [5.74, 6) is 4.01. The van der Waals surface area contributed by atoms with E-state index in [0.29, 0.717) is 12.3 Å². The third-order valence-corrected chi connectivity index (χ3v) is 6.02. The number of hydrogen-bond donors (Lipinski definition) is 1. The molecule has 2 unspecified atom stereocenters. The first-order chi connectivity index (χ1) is 8.37. The maximum atomic E-state index is 12.1. The highest BCUT2D eigenvalue weighted by Crippen LogP contribution is 2.46. The van der Waals surface area contributed by atoms with Gasteiger partial charge in [-0.25, -0.2) is 13.1 Å². The van der Waals surface area contributed by atoms with Crippen LogP contribution in [-0.4, -0.2) is 54.5 Å². The van der Waals surface area contributed by atoms with Crippen LogP contribution in [-0.2, 0) is 24.3 Å². The molecular weight excluding hydrogens is 286 g/mol. The van der Waals surface area contributed by atoms with E-state index in [2.05, 4.69) is 10.6 Å². The van der Waals surface area contributed by atoms with E-state index in [9.17, 15) is 12.6 Å². The van der Waals surface area contributed by atoms with Crippen molar-refractivity contribution in [2.75, 3.05) is 19.1 Å². The standard InChI is InChI=1S/C12H25NO4S2/c1-9(2)10(3)17-12(8-13-19(6,15)16)7-11(12)18(4,5)14/h9-11,13H,4,7-8H2,1-3,5-6H3/t10-,11+,12?,18?/m1/s1. The number of nitrogens with one attached hydrogen (secondary N) is 1. The fourth-order valence-electron chi connectivity index (χ4n) is 2.00. The molecule has 19 heavy (non-hydrogen) atoms. The van der Waals surface area contributed by atoms with Crippen LogP contribution in [0.3, 0.4) is 0 Å². The molecule has 1 aliphatic rings. The highest BCUT2D eigenvalue weighted by Gasteiger charge is 2.59. The van der Waals surface area contributed by atoms with E-state index in [0.717, 1.165) is 6.26 Å². The van der Waals surface area contributed by atoms with Crippen molar-refractivity contribution in [3.63, 3.8) is 0 Å². The Morgan fingerprint density at radius 2 is 1.84 bits per heavy atom. The zero-order chi connectivity index (χ0) is 15.1. The zero-order valence-electron chi connectivity index (χ0n) is 12.3. The Balaban J connectivity index is 2.83. The molecule has 114 valence electrons. The normalized spacial score (nSPS) is 32.0. The summed E-state index contributed by atoms with van der Waals surface area (Å²) in [5, 5.41) is -0.185. The first kappa shape index (κ1) is 16.9. The van der Waals surface area contributed by atoms with Gasteiger partial charge in [0.15, 0.2) is 0 Å². The van der Waals surface area contributed by atoms with Gasteiger partial charge >= 0.3 is 0 Å². The average molecular weight is 311 g/mol. The van der Waals surface area contributed by atoms with Gasteiger partial charge in [0.05, 0.1) is 23.2 Å². The molecule has 0 aromatic heterocycles. The van der Waals surface area contributed by atoms with Gasteiger partial charge in [0.1, 0.15) is 0 Å². The van der Waals surface area contributed by atoms with Gasteiger partial charge in [-0.1, -0.05) is 13.8 Å². The molecule has 0 saturated heterocycles. The molecule has 0 amide bonds. The summed E-state index contributed by atoms with van der Waals surface area (Å²) in [6, 6.07) is 0. The van der Waals surface area contributed by atoms with E-state index in [-0.39, 0.29) is 17.9 Å². The van der Waals surface area contributed by atoms with Crippen LogP contribution in [0.5, 0.6) is 0 Å². The lowest BCUT2D eigenvalue weighted by atomic mass is 10.1. The fourth-order valence-corrected chi connectivity index (χ4v) is 4.19. The van der Waals surface area contributed by atoms with Crippen LogP contribution in [0.25, 0.3) is 0 Å². The average Bonchev–Trinajstić information content (AvgIpc) is 2.89. The second-order valence-electron chi connectivity index (χ2n) is 5.99. The van der Waals surface area contributed by atoms with Gasteiger partial charge in [0, 0.05) is 12.8 Å². The van der Waals surface area contributed by atoms with Gasteiger partial charge < -0.3 is 4.74 Å². The van der Waals surface area contributed by atoms with Gasteiger partial charge in [-0.2, -0.15) is 0 Å². The maximum Gasteiger partial charge on any atom is 0.208 e. The summed E-state index contributed by atoms with van der Waals surface area (Å²) in [5.41, 5.74) is -0.666. The summed E-state index contributed by atoms with van der Waals surface area (Å²) in [7, 11) is -5.52. The third kappa shape index (κ3) is 4.73. The highest BCUT2D eigenvalue weighted by molar-refractivity contribution is 8.00. The molecule has 5 nitrogen and oxygen atoms in total. The van der Waals surface area contributed by atoms with Gasteiger partial charge in [0.2, 0.25) is 10.0 Å². The van der Waals surface area contributed by atoms with Crippen molar-refractivity contribution in [2.24, 2.45) is 5.92 Å². The molecule has 1 fully saturated rings. The molecule has 0 aromatic rings. The van der Waals surface area contributed by atoms with E-state index >= 15 is 0 Å². The van der Waals surface area contributed by atoms with Crippen LogP contribution in [0.15, 0.2) is 0 Å². The maximum absolute atomic E-state index is 12.1. The molecule has 0 radical (unpaired) electrons. The van der Waals surface area contributed by atoms with E-state index in [4.69, 9.17) is 4.74 Å². The van der Waals surface area contributed by atoms with Crippen molar-refractivity contribution in [3.8, 4) is 0 Å². The number of sulfonamides is 1. The van der Waals surface area contributed by atoms with Gasteiger partial charge in [-0.05, 0) is 34.7 Å². The Morgan fingerprint density at radius 3 is 2.16 bits per heavy atom. The number of rotatable bonds is 7. The Hall–Kier alpha value is -0.110. The van der Waals surface area contributed by atoms with Crippen molar-refractivity contribution in [3.05, 3.63) is 0 Å². The fraction of sp³-hybridized carbons (Fsp3) is 0.917. The van der Waals surface area contributed by atoms with Crippen LogP contribution in [0, 0.1) is 5.92 Å². The zero-order valence-corrected chi connectivity index (χ0v) is 13.9. The lowest BCUT2D eigenvalue weighted by molar-refractivity contribution is -0.0378. The van der Waals surface area contributed by atoms with Crippen LogP contribution in [0.2, 0.25) is 0 Å². The molecule has 4 atom stereocenters. The lowest BCUT2D eigenvalue weighted by Crippen LogP contribution is -2.41. The van der Waals surface area contributed by atoms with Crippen LogP contribution in [0.1, 0.15) is 27.2 Å². The Kier molecular flexibility index (Phi) is 4.77. The summed E-state index contributed by atoms with van der Waals surface area (Å²) in [6.07, 6.45) is 3.28. The largest absolute Gasteiger partial charge is 0.369 e. The van der Waals surface area contributed by atoms with E-state index in [1.54, 1.807) is 6.26 Å². The SMILES string of the molecule is C=S(C)(=O)[C@H]1CC1(CNS(C)(=O)=O)O[C@H](C)C(C)C. The first-order valence-electron chi connectivity index (χ1n) is 6.31. The molecule has 7 heteroatoms. The molecular formula is C12H25NO4S2. The van der Waals surface area contributed by atoms with Crippen molar-refractivity contribution < 1.29 is 17.4 Å².